The van der Waals surface area contributed by atoms with Crippen LogP contribution in [0.3, 0.4) is 0 Å². The third-order valence-corrected chi connectivity index (χ3v) is 5.82. The maximum Gasteiger partial charge on any atom is 0.412 e. The summed E-state index contributed by atoms with van der Waals surface area (Å²) >= 11 is 12.2. The number of hydrogen-bond donors (Lipinski definition) is 3. The van der Waals surface area contributed by atoms with Crippen LogP contribution in [0.25, 0.3) is 22.0 Å². The van der Waals surface area contributed by atoms with Crippen LogP contribution < -0.4 is 10.2 Å². The number of rotatable bonds is 5. The van der Waals surface area contributed by atoms with Crippen LogP contribution in [0, 0.1) is 0 Å². The highest BCUT2D eigenvalue weighted by molar-refractivity contribution is 6.37. The number of pyridine rings is 2. The third kappa shape index (κ3) is 4.46. The SMILES string of the molecule is CC(=O)c1cnc2ccc(-c3cc(Cl)c(O)c(Cl)c3)cc2c1Nc1ccc(N(C)C(=O)O)nc1. The predicted molar refractivity (Wildman–Crippen MR) is 133 cm³/mol. The molecule has 8 nitrogen and oxygen atoms in total. The number of ketones is 1. The van der Waals surface area contributed by atoms with Gasteiger partial charge in [-0.1, -0.05) is 29.3 Å². The van der Waals surface area contributed by atoms with Gasteiger partial charge in [-0.05, 0) is 54.4 Å². The van der Waals surface area contributed by atoms with E-state index < -0.39 is 6.09 Å². The quantitative estimate of drug-likeness (QED) is 0.275. The van der Waals surface area contributed by atoms with E-state index in [9.17, 15) is 14.7 Å². The van der Waals surface area contributed by atoms with Crippen molar-refractivity contribution in [2.24, 2.45) is 0 Å². The molecule has 0 atom stereocenters. The number of nitrogens with zero attached hydrogens (tertiary/aromatic N) is 3. The van der Waals surface area contributed by atoms with Gasteiger partial charge >= 0.3 is 6.09 Å². The lowest BCUT2D eigenvalue weighted by atomic mass is 10.00. The molecule has 0 saturated heterocycles. The molecule has 0 aliphatic rings. The fraction of sp³-hybridized carbons (Fsp3) is 0.0833. The molecular formula is C24H18Cl2N4O4. The largest absolute Gasteiger partial charge is 0.505 e. The summed E-state index contributed by atoms with van der Waals surface area (Å²) in [6, 6.07) is 11.9. The number of nitrogens with one attached hydrogen (secondary N) is 1. The summed E-state index contributed by atoms with van der Waals surface area (Å²) in [6.45, 7) is 1.45. The molecule has 0 saturated carbocycles. The summed E-state index contributed by atoms with van der Waals surface area (Å²) in [5, 5.41) is 23.1. The molecule has 2 aromatic heterocycles. The Morgan fingerprint density at radius 3 is 2.26 bits per heavy atom. The second-order valence-corrected chi connectivity index (χ2v) is 8.31. The zero-order valence-electron chi connectivity index (χ0n) is 18.0. The van der Waals surface area contributed by atoms with Crippen molar-refractivity contribution in [1.29, 1.82) is 0 Å². The number of anilines is 3. The summed E-state index contributed by atoms with van der Waals surface area (Å²) < 4.78 is 0. The van der Waals surface area contributed by atoms with E-state index in [0.717, 1.165) is 10.5 Å². The molecular weight excluding hydrogens is 479 g/mol. The van der Waals surface area contributed by atoms with Gasteiger partial charge in [0.2, 0.25) is 0 Å². The van der Waals surface area contributed by atoms with Crippen LogP contribution in [-0.4, -0.2) is 39.1 Å². The molecule has 0 aliphatic carbocycles. The van der Waals surface area contributed by atoms with Gasteiger partial charge in [0.1, 0.15) is 5.82 Å². The van der Waals surface area contributed by atoms with Crippen molar-refractivity contribution in [3.05, 3.63) is 70.5 Å². The monoisotopic (exact) mass is 496 g/mol. The molecule has 3 N–H and O–H groups in total. The van der Waals surface area contributed by atoms with E-state index in [1.54, 1.807) is 30.3 Å². The van der Waals surface area contributed by atoms with Crippen LogP contribution in [0.15, 0.2) is 54.9 Å². The van der Waals surface area contributed by atoms with Gasteiger partial charge in [0.25, 0.3) is 0 Å². The Labute approximate surface area is 204 Å². The van der Waals surface area contributed by atoms with Gasteiger partial charge in [0, 0.05) is 18.6 Å². The molecule has 0 fully saturated rings. The van der Waals surface area contributed by atoms with Crippen molar-refractivity contribution in [3.63, 3.8) is 0 Å². The summed E-state index contributed by atoms with van der Waals surface area (Å²) in [7, 11) is 1.39. The van der Waals surface area contributed by atoms with E-state index in [1.165, 1.54) is 26.4 Å². The molecule has 0 unspecified atom stereocenters. The first-order chi connectivity index (χ1) is 16.2. The molecule has 4 aromatic rings. The fourth-order valence-corrected chi connectivity index (χ4v) is 3.89. The fourth-order valence-electron chi connectivity index (χ4n) is 3.41. The van der Waals surface area contributed by atoms with Gasteiger partial charge in [-0.25, -0.2) is 9.78 Å². The van der Waals surface area contributed by atoms with Gasteiger partial charge in [-0.3, -0.25) is 14.7 Å². The van der Waals surface area contributed by atoms with Gasteiger partial charge in [-0.15, -0.1) is 0 Å². The minimum atomic E-state index is -1.13. The standard InChI is InChI=1S/C24H18Cl2N4O4/c1-12(31)17-11-27-20-5-3-13(14-8-18(25)23(32)19(26)9-14)7-16(20)22(17)29-15-4-6-21(28-10-15)30(2)24(33)34/h3-11,32H,1-2H3,(H,27,29)(H,33,34). The van der Waals surface area contributed by atoms with Crippen molar-refractivity contribution in [2.75, 3.05) is 17.3 Å². The first kappa shape index (κ1) is 23.3. The summed E-state index contributed by atoms with van der Waals surface area (Å²) in [6.07, 6.45) is 1.85. The first-order valence-electron chi connectivity index (χ1n) is 9.97. The number of halogens is 2. The van der Waals surface area contributed by atoms with Crippen molar-refractivity contribution < 1.29 is 19.8 Å². The second-order valence-electron chi connectivity index (χ2n) is 7.50. The van der Waals surface area contributed by atoms with Crippen LogP contribution in [0.5, 0.6) is 5.75 Å². The van der Waals surface area contributed by atoms with E-state index in [0.29, 0.717) is 33.4 Å². The van der Waals surface area contributed by atoms with Crippen molar-refractivity contribution >= 4 is 63.2 Å². The van der Waals surface area contributed by atoms with Crippen molar-refractivity contribution in [3.8, 4) is 16.9 Å². The van der Waals surface area contributed by atoms with Crippen LogP contribution in [0.1, 0.15) is 17.3 Å². The number of phenols is 1. The Morgan fingerprint density at radius 1 is 0.971 bits per heavy atom. The maximum atomic E-state index is 12.4. The number of aromatic hydroxyl groups is 1. The number of hydrogen-bond acceptors (Lipinski definition) is 6. The molecule has 0 spiro atoms. The molecule has 1 amide bonds. The Hall–Kier alpha value is -3.88. The molecule has 2 aromatic carbocycles. The van der Waals surface area contributed by atoms with E-state index in [2.05, 4.69) is 15.3 Å². The molecule has 0 aliphatic heterocycles. The first-order valence-corrected chi connectivity index (χ1v) is 10.7. The number of carbonyl (C=O) groups is 2. The van der Waals surface area contributed by atoms with Gasteiger partial charge in [0.15, 0.2) is 11.5 Å². The Balaban J connectivity index is 1.82. The average molecular weight is 497 g/mol. The normalized spacial score (nSPS) is 10.8. The number of aromatic nitrogens is 2. The van der Waals surface area contributed by atoms with Crippen LogP contribution in [-0.2, 0) is 0 Å². The lowest BCUT2D eigenvalue weighted by Crippen LogP contribution is -2.24. The molecule has 10 heteroatoms. The Morgan fingerprint density at radius 2 is 1.68 bits per heavy atom. The number of amides is 1. The summed E-state index contributed by atoms with van der Waals surface area (Å²) in [4.78, 5) is 33.1. The van der Waals surface area contributed by atoms with Gasteiger partial charge in [0.05, 0.1) is 38.7 Å². The Bertz CT molecular complexity index is 1420. The highest BCUT2D eigenvalue weighted by Crippen LogP contribution is 2.38. The molecule has 4 rings (SSSR count). The maximum absolute atomic E-state index is 12.4. The average Bonchev–Trinajstić information content (AvgIpc) is 2.81. The highest BCUT2D eigenvalue weighted by Gasteiger charge is 2.16. The summed E-state index contributed by atoms with van der Waals surface area (Å²) in [5.41, 5.74) is 3.52. The lowest BCUT2D eigenvalue weighted by molar-refractivity contribution is 0.101. The topological polar surface area (TPSA) is 116 Å². The number of carbonyl (C=O) groups excluding carboxylic acids is 1. The molecule has 0 bridgehead atoms. The number of phenolic OH excluding ortho intramolecular Hbond substituents is 1. The number of benzene rings is 2. The zero-order chi connectivity index (χ0) is 24.6. The van der Waals surface area contributed by atoms with Gasteiger partial charge in [-0.2, -0.15) is 0 Å². The lowest BCUT2D eigenvalue weighted by Gasteiger charge is -2.16. The number of fused-ring (bicyclic) bond motifs is 1. The van der Waals surface area contributed by atoms with E-state index >= 15 is 0 Å². The van der Waals surface area contributed by atoms with Crippen LogP contribution >= 0.6 is 23.2 Å². The van der Waals surface area contributed by atoms with E-state index in [4.69, 9.17) is 28.3 Å². The van der Waals surface area contributed by atoms with Crippen molar-refractivity contribution in [1.82, 2.24) is 9.97 Å². The molecule has 34 heavy (non-hydrogen) atoms. The minimum Gasteiger partial charge on any atom is -0.505 e. The number of carboxylic acid groups (broad SMARTS) is 1. The van der Waals surface area contributed by atoms with Gasteiger partial charge < -0.3 is 15.5 Å². The molecule has 172 valence electrons. The van der Waals surface area contributed by atoms with E-state index in [-0.39, 0.29) is 27.4 Å². The Kier molecular flexibility index (Phi) is 6.28. The smallest absolute Gasteiger partial charge is 0.412 e. The predicted octanol–water partition coefficient (Wildman–Crippen LogP) is 6.37. The van der Waals surface area contributed by atoms with Crippen molar-refractivity contribution in [2.45, 2.75) is 6.92 Å². The molecule has 0 radical (unpaired) electrons. The van der Waals surface area contributed by atoms with Crippen LogP contribution in [0.2, 0.25) is 10.0 Å². The zero-order valence-corrected chi connectivity index (χ0v) is 19.5. The second kappa shape index (κ2) is 9.17. The van der Waals surface area contributed by atoms with E-state index in [1.807, 2.05) is 12.1 Å². The minimum absolute atomic E-state index is 0.119. The molecule has 2 heterocycles. The summed E-state index contributed by atoms with van der Waals surface area (Å²) in [5.74, 6) is -0.124. The third-order valence-electron chi connectivity index (χ3n) is 5.25. The highest BCUT2D eigenvalue weighted by atomic mass is 35.5. The number of Topliss-reactive ketones (excluding diaryl/α,β-unsaturated/α-hetero) is 1. The van der Waals surface area contributed by atoms with Crippen LogP contribution in [0.4, 0.5) is 22.0 Å².